The number of hydrogen-bond donors (Lipinski definition) is 1. The molecule has 0 aliphatic heterocycles. The summed E-state index contributed by atoms with van der Waals surface area (Å²) in [5, 5.41) is 3.53. The van der Waals surface area contributed by atoms with Crippen LogP contribution in [-0.2, 0) is 4.79 Å². The highest BCUT2D eigenvalue weighted by Crippen LogP contribution is 2.27. The summed E-state index contributed by atoms with van der Waals surface area (Å²) in [5.74, 6) is -0.157. The molecule has 0 aliphatic carbocycles. The van der Waals surface area contributed by atoms with E-state index in [1.807, 2.05) is 0 Å². The molecule has 0 radical (unpaired) electrons. The van der Waals surface area contributed by atoms with Gasteiger partial charge in [-0.15, -0.1) is 0 Å². The molecule has 0 unspecified atom stereocenters. The van der Waals surface area contributed by atoms with Gasteiger partial charge in [-0.1, -0.05) is 35.3 Å². The molecule has 0 spiro atoms. The first-order valence-corrected chi connectivity index (χ1v) is 8.04. The van der Waals surface area contributed by atoms with E-state index in [1.54, 1.807) is 36.4 Å². The molecule has 4 nitrogen and oxygen atoms in total. The zero-order valence-corrected chi connectivity index (χ0v) is 14.2. The van der Waals surface area contributed by atoms with Crippen LogP contribution in [0.4, 0.5) is 4.39 Å². The molecule has 0 saturated carbocycles. The highest BCUT2D eigenvalue weighted by molar-refractivity contribution is 6.34. The zero-order valence-electron chi connectivity index (χ0n) is 12.7. The Hall–Kier alpha value is -1.98. The van der Waals surface area contributed by atoms with Crippen molar-refractivity contribution < 1.29 is 18.7 Å². The summed E-state index contributed by atoms with van der Waals surface area (Å²) < 4.78 is 23.9. The predicted octanol–water partition coefficient (Wildman–Crippen LogP) is 4.10. The van der Waals surface area contributed by atoms with E-state index in [1.165, 1.54) is 6.07 Å². The lowest BCUT2D eigenvalue weighted by Crippen LogP contribution is -2.30. The second-order valence-electron chi connectivity index (χ2n) is 4.85. The summed E-state index contributed by atoms with van der Waals surface area (Å²) in [6.45, 7) is 0.510. The van der Waals surface area contributed by atoms with Crippen LogP contribution in [0.15, 0.2) is 42.5 Å². The number of benzene rings is 2. The molecule has 0 heterocycles. The molecule has 2 aromatic carbocycles. The Morgan fingerprint density at radius 3 is 2.67 bits per heavy atom. The molecule has 2 aromatic rings. The fourth-order valence-corrected chi connectivity index (χ4v) is 2.16. The van der Waals surface area contributed by atoms with Crippen molar-refractivity contribution in [3.63, 3.8) is 0 Å². The molecule has 0 atom stereocenters. The number of halogens is 3. The first-order chi connectivity index (χ1) is 11.6. The maximum absolute atomic E-state index is 13.3. The standard InChI is InChI=1S/C17H16Cl2FNO3/c18-12-6-7-13(19)16(10-12)24-11-17(22)21-8-3-9-23-15-5-2-1-4-14(15)20/h1-2,4-7,10H,3,8-9,11H2,(H,21,22). The number of rotatable bonds is 8. The summed E-state index contributed by atoms with van der Waals surface area (Å²) in [6.07, 6.45) is 0.540. The second-order valence-corrected chi connectivity index (χ2v) is 5.69. The van der Waals surface area contributed by atoms with E-state index < -0.39 is 5.82 Å². The van der Waals surface area contributed by atoms with Gasteiger partial charge in [0, 0.05) is 17.6 Å². The number of para-hydroxylation sites is 1. The Morgan fingerprint density at radius 2 is 1.88 bits per heavy atom. The fraction of sp³-hybridized carbons (Fsp3) is 0.235. The van der Waals surface area contributed by atoms with E-state index in [2.05, 4.69) is 5.32 Å². The molecule has 1 N–H and O–H groups in total. The summed E-state index contributed by atoms with van der Waals surface area (Å²) >= 11 is 11.8. The maximum Gasteiger partial charge on any atom is 0.257 e. The van der Waals surface area contributed by atoms with E-state index in [-0.39, 0.29) is 18.3 Å². The van der Waals surface area contributed by atoms with Crippen LogP contribution in [0.3, 0.4) is 0 Å². The second kappa shape index (κ2) is 9.35. The van der Waals surface area contributed by atoms with Gasteiger partial charge in [0.25, 0.3) is 5.91 Å². The number of hydrogen-bond acceptors (Lipinski definition) is 3. The normalized spacial score (nSPS) is 10.3. The van der Waals surface area contributed by atoms with Crippen LogP contribution < -0.4 is 14.8 Å². The van der Waals surface area contributed by atoms with Gasteiger partial charge in [0.05, 0.1) is 11.6 Å². The predicted molar refractivity (Wildman–Crippen MR) is 91.5 cm³/mol. The third-order valence-electron chi connectivity index (χ3n) is 2.99. The quantitative estimate of drug-likeness (QED) is 0.710. The van der Waals surface area contributed by atoms with Crippen molar-refractivity contribution in [2.45, 2.75) is 6.42 Å². The molecule has 128 valence electrons. The van der Waals surface area contributed by atoms with E-state index in [0.29, 0.717) is 35.4 Å². The Balaban J connectivity index is 1.63. The molecule has 0 fully saturated rings. The fourth-order valence-electron chi connectivity index (χ4n) is 1.83. The van der Waals surface area contributed by atoms with Gasteiger partial charge in [-0.25, -0.2) is 4.39 Å². The molecule has 0 aromatic heterocycles. The average Bonchev–Trinajstić information content (AvgIpc) is 2.57. The number of carbonyl (C=O) groups is 1. The Bertz CT molecular complexity index is 697. The molecule has 0 saturated heterocycles. The van der Waals surface area contributed by atoms with Crippen molar-refractivity contribution in [2.75, 3.05) is 19.8 Å². The lowest BCUT2D eigenvalue weighted by Gasteiger charge is -2.10. The monoisotopic (exact) mass is 371 g/mol. The first-order valence-electron chi connectivity index (χ1n) is 7.28. The van der Waals surface area contributed by atoms with Gasteiger partial charge >= 0.3 is 0 Å². The van der Waals surface area contributed by atoms with Crippen molar-refractivity contribution in [3.8, 4) is 11.5 Å². The number of amides is 1. The van der Waals surface area contributed by atoms with Gasteiger partial charge in [0.1, 0.15) is 5.75 Å². The van der Waals surface area contributed by atoms with Gasteiger partial charge in [-0.3, -0.25) is 4.79 Å². The summed E-state index contributed by atoms with van der Waals surface area (Å²) in [4.78, 5) is 11.7. The van der Waals surface area contributed by atoms with Gasteiger partial charge in [0.2, 0.25) is 0 Å². The first kappa shape index (κ1) is 18.4. The Morgan fingerprint density at radius 1 is 1.08 bits per heavy atom. The van der Waals surface area contributed by atoms with Crippen molar-refractivity contribution in [1.82, 2.24) is 5.32 Å². The molecule has 1 amide bonds. The number of nitrogens with one attached hydrogen (secondary N) is 1. The van der Waals surface area contributed by atoms with Crippen molar-refractivity contribution in [3.05, 3.63) is 58.3 Å². The Labute approximate surface area is 149 Å². The van der Waals surface area contributed by atoms with Crippen LogP contribution >= 0.6 is 23.2 Å². The van der Waals surface area contributed by atoms with Gasteiger partial charge in [-0.05, 0) is 30.7 Å². The summed E-state index contributed by atoms with van der Waals surface area (Å²) in [5.41, 5.74) is 0. The largest absolute Gasteiger partial charge is 0.490 e. The summed E-state index contributed by atoms with van der Waals surface area (Å²) in [6, 6.07) is 10.9. The third-order valence-corrected chi connectivity index (χ3v) is 3.54. The maximum atomic E-state index is 13.3. The third kappa shape index (κ3) is 5.91. The highest BCUT2D eigenvalue weighted by Gasteiger charge is 2.07. The van der Waals surface area contributed by atoms with Crippen LogP contribution in [0.2, 0.25) is 10.0 Å². The lowest BCUT2D eigenvalue weighted by molar-refractivity contribution is -0.123. The van der Waals surface area contributed by atoms with Crippen molar-refractivity contribution in [1.29, 1.82) is 0 Å². The van der Waals surface area contributed by atoms with Crippen molar-refractivity contribution >= 4 is 29.1 Å². The average molecular weight is 372 g/mol. The smallest absolute Gasteiger partial charge is 0.257 e. The topological polar surface area (TPSA) is 47.6 Å². The van der Waals surface area contributed by atoms with Crippen LogP contribution in [-0.4, -0.2) is 25.7 Å². The molecule has 7 heteroatoms. The van der Waals surface area contributed by atoms with E-state index >= 15 is 0 Å². The Kier molecular flexibility index (Phi) is 7.15. The number of ether oxygens (including phenoxy) is 2. The minimum absolute atomic E-state index is 0.172. The molecule has 24 heavy (non-hydrogen) atoms. The van der Waals surface area contributed by atoms with Crippen LogP contribution in [0.1, 0.15) is 6.42 Å². The van der Waals surface area contributed by atoms with E-state index in [4.69, 9.17) is 32.7 Å². The van der Waals surface area contributed by atoms with E-state index in [9.17, 15) is 9.18 Å². The molecule has 2 rings (SSSR count). The van der Waals surface area contributed by atoms with Crippen molar-refractivity contribution in [2.24, 2.45) is 0 Å². The van der Waals surface area contributed by atoms with Gasteiger partial charge in [0.15, 0.2) is 18.2 Å². The molecular weight excluding hydrogens is 356 g/mol. The number of carbonyl (C=O) groups excluding carboxylic acids is 1. The van der Waals surface area contributed by atoms with Crippen LogP contribution in [0.5, 0.6) is 11.5 Å². The minimum atomic E-state index is -0.409. The molecule has 0 bridgehead atoms. The minimum Gasteiger partial charge on any atom is -0.490 e. The van der Waals surface area contributed by atoms with Crippen LogP contribution in [0, 0.1) is 5.82 Å². The van der Waals surface area contributed by atoms with Crippen LogP contribution in [0.25, 0.3) is 0 Å². The highest BCUT2D eigenvalue weighted by atomic mass is 35.5. The van der Waals surface area contributed by atoms with Gasteiger partial charge in [-0.2, -0.15) is 0 Å². The SMILES string of the molecule is O=C(COc1cc(Cl)ccc1Cl)NCCCOc1ccccc1F. The molecular formula is C17H16Cl2FNO3. The van der Waals surface area contributed by atoms with E-state index in [0.717, 1.165) is 0 Å². The lowest BCUT2D eigenvalue weighted by atomic mass is 10.3. The molecule has 0 aliphatic rings. The zero-order chi connectivity index (χ0) is 17.4. The summed E-state index contributed by atoms with van der Waals surface area (Å²) in [7, 11) is 0. The van der Waals surface area contributed by atoms with Gasteiger partial charge < -0.3 is 14.8 Å².